The van der Waals surface area contributed by atoms with Gasteiger partial charge in [-0.2, -0.15) is 0 Å². The van der Waals surface area contributed by atoms with Crippen molar-refractivity contribution in [1.29, 1.82) is 0 Å². The van der Waals surface area contributed by atoms with Crippen LogP contribution in [0.4, 0.5) is 4.39 Å². The molecular weight excluding hydrogens is 311 g/mol. The molecule has 1 unspecified atom stereocenters. The van der Waals surface area contributed by atoms with E-state index in [2.05, 4.69) is 26.2 Å². The number of carbonyl (C=O) groups is 1. The Labute approximate surface area is 119 Å². The van der Waals surface area contributed by atoms with E-state index in [-0.39, 0.29) is 17.8 Å². The first-order valence-corrected chi connectivity index (χ1v) is 6.52. The lowest BCUT2D eigenvalue weighted by molar-refractivity contribution is 0.0939. The van der Waals surface area contributed by atoms with Crippen LogP contribution in [0.5, 0.6) is 0 Å². The van der Waals surface area contributed by atoms with Crippen molar-refractivity contribution in [3.05, 3.63) is 64.1 Å². The van der Waals surface area contributed by atoms with Crippen LogP contribution < -0.4 is 5.32 Å². The number of benzene rings is 1. The average Bonchev–Trinajstić information content (AvgIpc) is 2.39. The summed E-state index contributed by atoms with van der Waals surface area (Å²) in [5.74, 6) is -0.510. The fourth-order valence-corrected chi connectivity index (χ4v) is 2.02. The second-order valence-corrected chi connectivity index (χ2v) is 5.05. The predicted molar refractivity (Wildman–Crippen MR) is 74.2 cm³/mol. The first-order chi connectivity index (χ1) is 9.06. The third-order valence-corrected chi connectivity index (χ3v) is 3.12. The highest BCUT2D eigenvalue weighted by Gasteiger charge is 2.12. The predicted octanol–water partition coefficient (Wildman–Crippen LogP) is 3.47. The molecule has 0 radical (unpaired) electrons. The molecule has 1 amide bonds. The molecule has 0 aliphatic rings. The van der Waals surface area contributed by atoms with Crippen molar-refractivity contribution in [1.82, 2.24) is 10.3 Å². The Bertz CT molecular complexity index is 586. The van der Waals surface area contributed by atoms with Gasteiger partial charge in [-0.05, 0) is 46.6 Å². The Morgan fingerprint density at radius 2 is 2.00 bits per heavy atom. The van der Waals surface area contributed by atoms with Gasteiger partial charge >= 0.3 is 0 Å². The summed E-state index contributed by atoms with van der Waals surface area (Å²) in [5.41, 5.74) is 1.32. The maximum atomic E-state index is 12.8. The number of halogens is 2. The second-order valence-electron chi connectivity index (χ2n) is 4.14. The van der Waals surface area contributed by atoms with Crippen LogP contribution in [-0.4, -0.2) is 10.9 Å². The monoisotopic (exact) mass is 322 g/mol. The van der Waals surface area contributed by atoms with Gasteiger partial charge in [0.05, 0.1) is 11.6 Å². The van der Waals surface area contributed by atoms with Crippen molar-refractivity contribution < 1.29 is 9.18 Å². The lowest BCUT2D eigenvalue weighted by Gasteiger charge is -2.14. The van der Waals surface area contributed by atoms with E-state index in [9.17, 15) is 9.18 Å². The summed E-state index contributed by atoms with van der Waals surface area (Å²) in [6.45, 7) is 1.84. The van der Waals surface area contributed by atoms with Crippen molar-refractivity contribution in [3.63, 3.8) is 0 Å². The number of nitrogens with zero attached hydrogens (tertiary/aromatic N) is 1. The molecule has 0 aliphatic heterocycles. The number of nitrogens with one attached hydrogen (secondary N) is 1. The molecule has 98 valence electrons. The van der Waals surface area contributed by atoms with Gasteiger partial charge in [0, 0.05) is 16.9 Å². The quantitative estimate of drug-likeness (QED) is 0.940. The summed E-state index contributed by atoms with van der Waals surface area (Å²) in [5, 5.41) is 2.84. The van der Waals surface area contributed by atoms with E-state index < -0.39 is 0 Å². The molecule has 5 heteroatoms. The molecule has 3 nitrogen and oxygen atoms in total. The van der Waals surface area contributed by atoms with E-state index in [0.717, 1.165) is 10.0 Å². The molecular formula is C14H12BrFN2O. The molecule has 1 atom stereocenters. The molecule has 2 aromatic rings. The highest BCUT2D eigenvalue weighted by atomic mass is 79.9. The zero-order chi connectivity index (χ0) is 13.8. The maximum Gasteiger partial charge on any atom is 0.253 e. The van der Waals surface area contributed by atoms with Gasteiger partial charge in [-0.25, -0.2) is 4.39 Å². The van der Waals surface area contributed by atoms with E-state index >= 15 is 0 Å². The summed E-state index contributed by atoms with van der Waals surface area (Å²) in [4.78, 5) is 15.9. The molecule has 19 heavy (non-hydrogen) atoms. The number of aromatic nitrogens is 1. The topological polar surface area (TPSA) is 42.0 Å². The number of hydrogen-bond donors (Lipinski definition) is 1. The second kappa shape index (κ2) is 5.93. The normalized spacial score (nSPS) is 11.9. The first kappa shape index (κ1) is 13.7. The van der Waals surface area contributed by atoms with Gasteiger partial charge in [-0.1, -0.05) is 12.1 Å². The number of hydrogen-bond acceptors (Lipinski definition) is 2. The van der Waals surface area contributed by atoms with Crippen LogP contribution in [-0.2, 0) is 0 Å². The number of rotatable bonds is 3. The summed E-state index contributed by atoms with van der Waals surface area (Å²) in [7, 11) is 0. The van der Waals surface area contributed by atoms with Crippen LogP contribution in [0.1, 0.15) is 28.9 Å². The summed E-state index contributed by atoms with van der Waals surface area (Å²) < 4.78 is 13.6. The van der Waals surface area contributed by atoms with E-state index in [0.29, 0.717) is 5.56 Å². The largest absolute Gasteiger partial charge is 0.345 e. The molecule has 0 saturated carbocycles. The van der Waals surface area contributed by atoms with Gasteiger partial charge in [-0.15, -0.1) is 0 Å². The lowest BCUT2D eigenvalue weighted by atomic mass is 10.1. The van der Waals surface area contributed by atoms with Crippen LogP contribution >= 0.6 is 15.9 Å². The molecule has 2 rings (SSSR count). The minimum absolute atomic E-state index is 0.202. The molecule has 0 saturated heterocycles. The third-order valence-electron chi connectivity index (χ3n) is 2.68. The minimum atomic E-state index is -0.293. The van der Waals surface area contributed by atoms with Crippen LogP contribution in [0.25, 0.3) is 0 Å². The molecule has 0 fully saturated rings. The molecule has 0 aliphatic carbocycles. The van der Waals surface area contributed by atoms with Gasteiger partial charge < -0.3 is 5.32 Å². The highest BCUT2D eigenvalue weighted by Crippen LogP contribution is 2.15. The van der Waals surface area contributed by atoms with E-state index in [1.807, 2.05) is 6.92 Å². The zero-order valence-electron chi connectivity index (χ0n) is 10.2. The van der Waals surface area contributed by atoms with Crippen molar-refractivity contribution in [2.24, 2.45) is 0 Å². The van der Waals surface area contributed by atoms with Crippen molar-refractivity contribution in [2.75, 3.05) is 0 Å². The van der Waals surface area contributed by atoms with Crippen LogP contribution in [0.15, 0.2) is 47.2 Å². The van der Waals surface area contributed by atoms with Crippen molar-refractivity contribution >= 4 is 21.8 Å². The molecule has 0 spiro atoms. The van der Waals surface area contributed by atoms with Crippen LogP contribution in [0.3, 0.4) is 0 Å². The maximum absolute atomic E-state index is 12.8. The summed E-state index contributed by atoms with van der Waals surface area (Å²) in [6, 6.07) is 7.54. The molecule has 1 N–H and O–H groups in total. The standard InChI is InChI=1S/C14H12BrFN2O/c1-9(10-2-4-13(16)5-3-10)18-14(19)11-6-12(15)8-17-7-11/h2-9H,1H3,(H,18,19). The fourth-order valence-electron chi connectivity index (χ4n) is 1.65. The van der Waals surface area contributed by atoms with E-state index in [1.54, 1.807) is 24.4 Å². The van der Waals surface area contributed by atoms with E-state index in [4.69, 9.17) is 0 Å². The van der Waals surface area contributed by atoms with Gasteiger partial charge in [0.2, 0.25) is 0 Å². The zero-order valence-corrected chi connectivity index (χ0v) is 11.8. The van der Waals surface area contributed by atoms with Crippen LogP contribution in [0.2, 0.25) is 0 Å². The molecule has 0 bridgehead atoms. The van der Waals surface area contributed by atoms with Crippen molar-refractivity contribution in [2.45, 2.75) is 13.0 Å². The Morgan fingerprint density at radius 3 is 2.63 bits per heavy atom. The summed E-state index contributed by atoms with van der Waals surface area (Å²) in [6.07, 6.45) is 3.11. The van der Waals surface area contributed by atoms with Crippen molar-refractivity contribution in [3.8, 4) is 0 Å². The molecule has 1 aromatic carbocycles. The average molecular weight is 323 g/mol. The fraction of sp³-hybridized carbons (Fsp3) is 0.143. The van der Waals surface area contributed by atoms with E-state index in [1.165, 1.54) is 18.3 Å². The number of carbonyl (C=O) groups excluding carboxylic acids is 1. The highest BCUT2D eigenvalue weighted by molar-refractivity contribution is 9.10. The lowest BCUT2D eigenvalue weighted by Crippen LogP contribution is -2.26. The van der Waals surface area contributed by atoms with Gasteiger partial charge in [0.1, 0.15) is 5.82 Å². The smallest absolute Gasteiger partial charge is 0.253 e. The molecule has 1 heterocycles. The Hall–Kier alpha value is -1.75. The first-order valence-electron chi connectivity index (χ1n) is 5.73. The van der Waals surface area contributed by atoms with Gasteiger partial charge in [0.15, 0.2) is 0 Å². The SMILES string of the molecule is CC(NC(=O)c1cncc(Br)c1)c1ccc(F)cc1. The number of pyridine rings is 1. The number of amides is 1. The van der Waals surface area contributed by atoms with Gasteiger partial charge in [0.25, 0.3) is 5.91 Å². The Morgan fingerprint density at radius 1 is 1.32 bits per heavy atom. The van der Waals surface area contributed by atoms with Gasteiger partial charge in [-0.3, -0.25) is 9.78 Å². The van der Waals surface area contributed by atoms with Crippen LogP contribution in [0, 0.1) is 5.82 Å². The Kier molecular flexibility index (Phi) is 4.27. The third kappa shape index (κ3) is 3.61. The minimum Gasteiger partial charge on any atom is -0.345 e. The molecule has 1 aromatic heterocycles. The summed E-state index contributed by atoms with van der Waals surface area (Å²) >= 11 is 3.27. The Balaban J connectivity index is 2.08.